The maximum Gasteiger partial charge on any atom is 0.254 e. The number of nitrogens with zero attached hydrogens (tertiary/aromatic N) is 2. The Balaban J connectivity index is 0.00000225. The van der Waals surface area contributed by atoms with Crippen LogP contribution in [0.2, 0.25) is 0 Å². The second-order valence-corrected chi connectivity index (χ2v) is 7.28. The Morgan fingerprint density at radius 1 is 1.04 bits per heavy atom. The summed E-state index contributed by atoms with van der Waals surface area (Å²) >= 11 is 0. The third-order valence-electron chi connectivity index (χ3n) is 5.45. The average Bonchev–Trinajstić information content (AvgIpc) is 3.24. The third kappa shape index (κ3) is 5.04. The quantitative estimate of drug-likeness (QED) is 0.836. The molecule has 2 heterocycles. The first-order valence-corrected chi connectivity index (χ1v) is 9.80. The highest BCUT2D eigenvalue weighted by atomic mass is 35.5. The molecule has 0 saturated carbocycles. The number of halogens is 1. The van der Waals surface area contributed by atoms with Crippen LogP contribution in [0.4, 0.5) is 0 Å². The summed E-state index contributed by atoms with van der Waals surface area (Å²) in [7, 11) is 0. The lowest BCUT2D eigenvalue weighted by atomic mass is 10.2. The molecule has 0 bridgehead atoms. The molecule has 2 saturated heterocycles. The number of rotatable bonds is 5. The van der Waals surface area contributed by atoms with Crippen LogP contribution < -0.4 is 10.1 Å². The Morgan fingerprint density at radius 2 is 1.82 bits per heavy atom. The van der Waals surface area contributed by atoms with Crippen LogP contribution in [0.1, 0.15) is 22.3 Å². The molecule has 4 rings (SSSR count). The van der Waals surface area contributed by atoms with Crippen LogP contribution in [0, 0.1) is 0 Å². The summed E-state index contributed by atoms with van der Waals surface area (Å²) in [5.74, 6) is 0.848. The summed E-state index contributed by atoms with van der Waals surface area (Å²) < 4.78 is 5.88. The largest absolute Gasteiger partial charge is 0.489 e. The van der Waals surface area contributed by atoms with Crippen LogP contribution in [0.15, 0.2) is 54.6 Å². The van der Waals surface area contributed by atoms with Crippen molar-refractivity contribution in [1.82, 2.24) is 15.1 Å². The van der Waals surface area contributed by atoms with Gasteiger partial charge in [0.1, 0.15) is 12.4 Å². The maximum absolute atomic E-state index is 12.9. The topological polar surface area (TPSA) is 44.8 Å². The van der Waals surface area contributed by atoms with Crippen molar-refractivity contribution in [3.8, 4) is 5.75 Å². The van der Waals surface area contributed by atoms with Crippen molar-refractivity contribution >= 4 is 18.3 Å². The van der Waals surface area contributed by atoms with Crippen molar-refractivity contribution in [3.63, 3.8) is 0 Å². The highest BCUT2D eigenvalue weighted by molar-refractivity contribution is 5.94. The smallest absolute Gasteiger partial charge is 0.254 e. The molecular formula is C22H28ClN3O2. The Morgan fingerprint density at radius 3 is 2.61 bits per heavy atom. The molecule has 0 aromatic heterocycles. The monoisotopic (exact) mass is 401 g/mol. The van der Waals surface area contributed by atoms with E-state index in [0.717, 1.165) is 57.0 Å². The Bertz CT molecular complexity index is 765. The van der Waals surface area contributed by atoms with Crippen LogP contribution in [-0.4, -0.2) is 61.0 Å². The summed E-state index contributed by atoms with van der Waals surface area (Å²) in [6, 6.07) is 18.1. The number of amides is 1. The van der Waals surface area contributed by atoms with E-state index in [2.05, 4.69) is 10.2 Å². The zero-order valence-electron chi connectivity index (χ0n) is 16.0. The fraction of sp³-hybridized carbons (Fsp3) is 0.409. The van der Waals surface area contributed by atoms with E-state index < -0.39 is 0 Å². The molecule has 6 heteroatoms. The van der Waals surface area contributed by atoms with E-state index in [9.17, 15) is 4.79 Å². The molecule has 1 atom stereocenters. The highest BCUT2D eigenvalue weighted by Crippen LogP contribution is 2.21. The van der Waals surface area contributed by atoms with Gasteiger partial charge < -0.3 is 15.0 Å². The van der Waals surface area contributed by atoms with E-state index in [1.807, 2.05) is 59.5 Å². The van der Waals surface area contributed by atoms with Gasteiger partial charge in [0.25, 0.3) is 5.91 Å². The predicted molar refractivity (Wildman–Crippen MR) is 113 cm³/mol. The van der Waals surface area contributed by atoms with Gasteiger partial charge in [-0.1, -0.05) is 36.4 Å². The molecule has 28 heavy (non-hydrogen) atoms. The molecule has 1 N–H and O–H groups in total. The Kier molecular flexibility index (Phi) is 7.31. The van der Waals surface area contributed by atoms with E-state index >= 15 is 0 Å². The number of ether oxygens (including phenoxy) is 1. The van der Waals surface area contributed by atoms with Gasteiger partial charge in [-0.15, -0.1) is 12.4 Å². The van der Waals surface area contributed by atoms with Gasteiger partial charge in [-0.25, -0.2) is 0 Å². The number of carbonyl (C=O) groups is 1. The van der Waals surface area contributed by atoms with Crippen LogP contribution in [0.3, 0.4) is 0 Å². The van der Waals surface area contributed by atoms with Crippen LogP contribution in [-0.2, 0) is 6.61 Å². The molecule has 1 amide bonds. The summed E-state index contributed by atoms with van der Waals surface area (Å²) in [6.07, 6.45) is 1.07. The molecule has 2 aliphatic rings. The first-order valence-electron chi connectivity index (χ1n) is 9.80. The van der Waals surface area contributed by atoms with Gasteiger partial charge in [-0.05, 0) is 30.2 Å². The van der Waals surface area contributed by atoms with Crippen molar-refractivity contribution in [3.05, 3.63) is 65.7 Å². The minimum absolute atomic E-state index is 0. The minimum atomic E-state index is 0. The molecule has 0 radical (unpaired) electrons. The predicted octanol–water partition coefficient (Wildman–Crippen LogP) is 2.81. The molecular weight excluding hydrogens is 374 g/mol. The molecule has 2 fully saturated rings. The minimum Gasteiger partial charge on any atom is -0.489 e. The number of hydrogen-bond acceptors (Lipinski definition) is 4. The molecule has 0 aliphatic carbocycles. The van der Waals surface area contributed by atoms with Crippen LogP contribution in [0.5, 0.6) is 5.75 Å². The first kappa shape index (κ1) is 20.6. The number of benzene rings is 2. The average molecular weight is 402 g/mol. The Labute approximate surface area is 173 Å². The van der Waals surface area contributed by atoms with Crippen molar-refractivity contribution < 1.29 is 9.53 Å². The highest BCUT2D eigenvalue weighted by Gasteiger charge is 2.31. The van der Waals surface area contributed by atoms with Crippen LogP contribution in [0.25, 0.3) is 0 Å². The second kappa shape index (κ2) is 9.92. The van der Waals surface area contributed by atoms with Gasteiger partial charge in [0.15, 0.2) is 0 Å². The fourth-order valence-electron chi connectivity index (χ4n) is 3.91. The number of hydrogen-bond donors (Lipinski definition) is 1. The third-order valence-corrected chi connectivity index (χ3v) is 5.45. The van der Waals surface area contributed by atoms with Gasteiger partial charge in [0, 0.05) is 50.9 Å². The van der Waals surface area contributed by atoms with E-state index in [1.165, 1.54) is 0 Å². The van der Waals surface area contributed by atoms with E-state index in [0.29, 0.717) is 18.2 Å². The summed E-state index contributed by atoms with van der Waals surface area (Å²) in [6.45, 7) is 6.42. The standard InChI is InChI=1S/C22H27N3O2.ClH/c26-22(25-12-9-20(16-25)24-13-10-23-11-14-24)19-7-4-8-21(15-19)27-17-18-5-2-1-3-6-18;/h1-8,15,20,23H,9-14,16-17H2;1H. The molecule has 0 spiro atoms. The van der Waals surface area contributed by atoms with Crippen molar-refractivity contribution in [2.24, 2.45) is 0 Å². The van der Waals surface area contributed by atoms with E-state index in [1.54, 1.807) is 0 Å². The Hall–Kier alpha value is -2.08. The first-order chi connectivity index (χ1) is 13.3. The fourth-order valence-corrected chi connectivity index (χ4v) is 3.91. The number of piperazine rings is 1. The van der Waals surface area contributed by atoms with Crippen LogP contribution >= 0.6 is 12.4 Å². The SMILES string of the molecule is Cl.O=C(c1cccc(OCc2ccccc2)c1)N1CCC(N2CCNCC2)C1. The molecule has 5 nitrogen and oxygen atoms in total. The van der Waals surface area contributed by atoms with Crippen molar-refractivity contribution in [1.29, 1.82) is 0 Å². The second-order valence-electron chi connectivity index (χ2n) is 7.28. The van der Waals surface area contributed by atoms with Crippen molar-refractivity contribution in [2.45, 2.75) is 19.1 Å². The van der Waals surface area contributed by atoms with E-state index in [4.69, 9.17) is 4.74 Å². The normalized spacial score (nSPS) is 19.9. The lowest BCUT2D eigenvalue weighted by molar-refractivity contribution is 0.0773. The molecule has 150 valence electrons. The summed E-state index contributed by atoms with van der Waals surface area (Å²) in [5.41, 5.74) is 1.83. The zero-order chi connectivity index (χ0) is 18.5. The van der Waals surface area contributed by atoms with Gasteiger partial charge >= 0.3 is 0 Å². The number of carbonyl (C=O) groups excluding carboxylic acids is 1. The maximum atomic E-state index is 12.9. The van der Waals surface area contributed by atoms with Gasteiger partial charge in [0.2, 0.25) is 0 Å². The lowest BCUT2D eigenvalue weighted by Gasteiger charge is -2.32. The van der Waals surface area contributed by atoms with Gasteiger partial charge in [0.05, 0.1) is 0 Å². The molecule has 2 aromatic carbocycles. The number of likely N-dealkylation sites (tertiary alicyclic amines) is 1. The summed E-state index contributed by atoms with van der Waals surface area (Å²) in [5, 5.41) is 3.39. The molecule has 1 unspecified atom stereocenters. The summed E-state index contributed by atoms with van der Waals surface area (Å²) in [4.78, 5) is 17.4. The lowest BCUT2D eigenvalue weighted by Crippen LogP contribution is -2.49. The number of nitrogens with one attached hydrogen (secondary N) is 1. The molecule has 2 aromatic rings. The van der Waals surface area contributed by atoms with E-state index in [-0.39, 0.29) is 18.3 Å². The van der Waals surface area contributed by atoms with Crippen molar-refractivity contribution in [2.75, 3.05) is 39.3 Å². The van der Waals surface area contributed by atoms with Gasteiger partial charge in [-0.3, -0.25) is 9.69 Å². The molecule has 2 aliphatic heterocycles. The zero-order valence-corrected chi connectivity index (χ0v) is 16.9. The van der Waals surface area contributed by atoms with Gasteiger partial charge in [-0.2, -0.15) is 0 Å².